The van der Waals surface area contributed by atoms with Gasteiger partial charge in [0.2, 0.25) is 0 Å². The van der Waals surface area contributed by atoms with Crippen LogP contribution in [-0.2, 0) is 4.74 Å². The minimum atomic E-state index is -0.171. The maximum atomic E-state index is 9.87. The molecule has 22 heavy (non-hydrogen) atoms. The SMILES string of the molecule is CCNC(=NCC1CCCC1O)NCCC(OCC)C(C)C. The van der Waals surface area contributed by atoms with E-state index in [0.717, 1.165) is 51.3 Å². The normalized spacial score (nSPS) is 23.8. The van der Waals surface area contributed by atoms with Gasteiger partial charge in [0, 0.05) is 32.2 Å². The van der Waals surface area contributed by atoms with Gasteiger partial charge in [0.05, 0.1) is 12.2 Å². The smallest absolute Gasteiger partial charge is 0.191 e. The van der Waals surface area contributed by atoms with Crippen LogP contribution in [0.1, 0.15) is 53.4 Å². The average molecular weight is 313 g/mol. The maximum absolute atomic E-state index is 9.87. The molecule has 0 heterocycles. The van der Waals surface area contributed by atoms with Crippen molar-refractivity contribution in [2.24, 2.45) is 16.8 Å². The Morgan fingerprint density at radius 2 is 2.05 bits per heavy atom. The quantitative estimate of drug-likeness (QED) is 0.451. The Labute approximate surface area is 135 Å². The first-order valence-corrected chi connectivity index (χ1v) is 8.90. The minimum absolute atomic E-state index is 0.171. The van der Waals surface area contributed by atoms with Gasteiger partial charge in [-0.25, -0.2) is 0 Å². The molecule has 1 rings (SSSR count). The van der Waals surface area contributed by atoms with Crippen molar-refractivity contribution in [2.75, 3.05) is 26.2 Å². The van der Waals surface area contributed by atoms with Crippen molar-refractivity contribution in [2.45, 2.75) is 65.6 Å². The Bertz CT molecular complexity index is 321. The second kappa shape index (κ2) is 10.8. The molecule has 5 heteroatoms. The Hall–Kier alpha value is -0.810. The summed E-state index contributed by atoms with van der Waals surface area (Å²) < 4.78 is 5.77. The molecule has 3 unspecified atom stereocenters. The largest absolute Gasteiger partial charge is 0.393 e. The van der Waals surface area contributed by atoms with E-state index >= 15 is 0 Å². The monoisotopic (exact) mass is 313 g/mol. The van der Waals surface area contributed by atoms with Crippen LogP contribution in [0.5, 0.6) is 0 Å². The van der Waals surface area contributed by atoms with E-state index in [9.17, 15) is 5.11 Å². The number of rotatable bonds is 9. The third-order valence-corrected chi connectivity index (χ3v) is 4.29. The number of hydrogen-bond acceptors (Lipinski definition) is 3. The molecule has 1 aliphatic carbocycles. The number of aliphatic hydroxyl groups excluding tert-OH is 1. The zero-order valence-corrected chi connectivity index (χ0v) is 14.8. The van der Waals surface area contributed by atoms with Gasteiger partial charge in [0.15, 0.2) is 5.96 Å². The highest BCUT2D eigenvalue weighted by Gasteiger charge is 2.24. The van der Waals surface area contributed by atoms with E-state index in [2.05, 4.69) is 36.4 Å². The van der Waals surface area contributed by atoms with E-state index in [4.69, 9.17) is 4.74 Å². The lowest BCUT2D eigenvalue weighted by Crippen LogP contribution is -2.39. The van der Waals surface area contributed by atoms with Crippen LogP contribution in [0, 0.1) is 11.8 Å². The van der Waals surface area contributed by atoms with Gasteiger partial charge in [-0.15, -0.1) is 0 Å². The Kier molecular flexibility index (Phi) is 9.48. The van der Waals surface area contributed by atoms with Crippen molar-refractivity contribution in [3.63, 3.8) is 0 Å². The van der Waals surface area contributed by atoms with Gasteiger partial charge in [0.25, 0.3) is 0 Å². The summed E-state index contributed by atoms with van der Waals surface area (Å²) in [7, 11) is 0. The summed E-state index contributed by atoms with van der Waals surface area (Å²) in [5.41, 5.74) is 0. The molecule has 0 radical (unpaired) electrons. The molecule has 1 fully saturated rings. The molecule has 0 saturated heterocycles. The fourth-order valence-electron chi connectivity index (χ4n) is 2.94. The van der Waals surface area contributed by atoms with Gasteiger partial charge >= 0.3 is 0 Å². The lowest BCUT2D eigenvalue weighted by molar-refractivity contribution is 0.0258. The number of nitrogens with zero attached hydrogens (tertiary/aromatic N) is 1. The molecule has 0 aliphatic heterocycles. The lowest BCUT2D eigenvalue weighted by Gasteiger charge is -2.21. The molecule has 0 aromatic rings. The lowest BCUT2D eigenvalue weighted by atomic mass is 10.0. The van der Waals surface area contributed by atoms with Gasteiger partial charge in [-0.05, 0) is 39.0 Å². The first-order valence-electron chi connectivity index (χ1n) is 8.90. The number of ether oxygens (including phenoxy) is 1. The van der Waals surface area contributed by atoms with E-state index in [-0.39, 0.29) is 12.2 Å². The predicted octanol–water partition coefficient (Wildman–Crippen LogP) is 2.15. The van der Waals surface area contributed by atoms with Crippen LogP contribution >= 0.6 is 0 Å². The molecule has 0 aromatic carbocycles. The maximum Gasteiger partial charge on any atom is 0.191 e. The third-order valence-electron chi connectivity index (χ3n) is 4.29. The standard InChI is InChI=1S/C17H35N3O2/c1-5-18-17(20-12-14-8-7-9-15(14)21)19-11-10-16(13(3)4)22-6-2/h13-16,21H,5-12H2,1-4H3,(H2,18,19,20). The van der Waals surface area contributed by atoms with E-state index in [1.54, 1.807) is 0 Å². The van der Waals surface area contributed by atoms with Crippen molar-refractivity contribution in [1.29, 1.82) is 0 Å². The van der Waals surface area contributed by atoms with Crippen LogP contribution in [0.15, 0.2) is 4.99 Å². The van der Waals surface area contributed by atoms with Crippen LogP contribution < -0.4 is 10.6 Å². The topological polar surface area (TPSA) is 65.9 Å². The van der Waals surface area contributed by atoms with Crippen LogP contribution in [0.2, 0.25) is 0 Å². The highest BCUT2D eigenvalue weighted by molar-refractivity contribution is 5.79. The van der Waals surface area contributed by atoms with E-state index in [0.29, 0.717) is 18.4 Å². The van der Waals surface area contributed by atoms with E-state index < -0.39 is 0 Å². The first-order chi connectivity index (χ1) is 10.6. The highest BCUT2D eigenvalue weighted by Crippen LogP contribution is 2.25. The Morgan fingerprint density at radius 1 is 1.27 bits per heavy atom. The van der Waals surface area contributed by atoms with Crippen molar-refractivity contribution in [3.05, 3.63) is 0 Å². The summed E-state index contributed by atoms with van der Waals surface area (Å²) in [6.45, 7) is 11.7. The number of hydrogen-bond donors (Lipinski definition) is 3. The molecule has 0 aromatic heterocycles. The Balaban J connectivity index is 2.39. The second-order valence-corrected chi connectivity index (χ2v) is 6.43. The summed E-state index contributed by atoms with van der Waals surface area (Å²) in [5, 5.41) is 16.5. The van der Waals surface area contributed by atoms with Crippen LogP contribution in [-0.4, -0.2) is 49.5 Å². The van der Waals surface area contributed by atoms with Crippen LogP contribution in [0.25, 0.3) is 0 Å². The average Bonchev–Trinajstić information content (AvgIpc) is 2.89. The summed E-state index contributed by atoms with van der Waals surface area (Å²) >= 11 is 0. The second-order valence-electron chi connectivity index (χ2n) is 6.43. The molecule has 1 aliphatic rings. The molecule has 5 nitrogen and oxygen atoms in total. The van der Waals surface area contributed by atoms with Crippen LogP contribution in [0.3, 0.4) is 0 Å². The van der Waals surface area contributed by atoms with Crippen molar-refractivity contribution < 1.29 is 9.84 Å². The molecule has 1 saturated carbocycles. The van der Waals surface area contributed by atoms with Crippen molar-refractivity contribution >= 4 is 5.96 Å². The number of aliphatic hydroxyl groups is 1. The fraction of sp³-hybridized carbons (Fsp3) is 0.941. The molecular formula is C17H35N3O2. The van der Waals surface area contributed by atoms with Gasteiger partial charge in [-0.1, -0.05) is 20.3 Å². The van der Waals surface area contributed by atoms with Gasteiger partial charge < -0.3 is 20.5 Å². The zero-order chi connectivity index (χ0) is 16.4. The van der Waals surface area contributed by atoms with Gasteiger partial charge in [0.1, 0.15) is 0 Å². The molecular weight excluding hydrogens is 278 g/mol. The van der Waals surface area contributed by atoms with Crippen LogP contribution in [0.4, 0.5) is 0 Å². The predicted molar refractivity (Wildman–Crippen MR) is 92.2 cm³/mol. The number of guanidine groups is 1. The van der Waals surface area contributed by atoms with Gasteiger partial charge in [-0.3, -0.25) is 4.99 Å². The molecule has 130 valence electrons. The molecule has 3 N–H and O–H groups in total. The van der Waals surface area contributed by atoms with E-state index in [1.807, 2.05) is 6.92 Å². The first kappa shape index (κ1) is 19.2. The number of aliphatic imine (C=N–C) groups is 1. The third kappa shape index (κ3) is 6.97. The molecule has 0 spiro atoms. The van der Waals surface area contributed by atoms with E-state index in [1.165, 1.54) is 0 Å². The summed E-state index contributed by atoms with van der Waals surface area (Å²) in [6, 6.07) is 0. The molecule has 0 bridgehead atoms. The molecule has 0 amide bonds. The molecule has 3 atom stereocenters. The van der Waals surface area contributed by atoms with Crippen molar-refractivity contribution in [1.82, 2.24) is 10.6 Å². The Morgan fingerprint density at radius 3 is 2.59 bits per heavy atom. The zero-order valence-electron chi connectivity index (χ0n) is 14.8. The van der Waals surface area contributed by atoms with Crippen molar-refractivity contribution in [3.8, 4) is 0 Å². The minimum Gasteiger partial charge on any atom is -0.393 e. The van der Waals surface area contributed by atoms with Gasteiger partial charge in [-0.2, -0.15) is 0 Å². The summed E-state index contributed by atoms with van der Waals surface area (Å²) in [5.74, 6) is 1.69. The number of nitrogens with one attached hydrogen (secondary N) is 2. The highest BCUT2D eigenvalue weighted by atomic mass is 16.5. The summed E-state index contributed by atoms with van der Waals surface area (Å²) in [4.78, 5) is 4.63. The fourth-order valence-corrected chi connectivity index (χ4v) is 2.94. The summed E-state index contributed by atoms with van der Waals surface area (Å²) in [6.07, 6.45) is 4.22.